The lowest BCUT2D eigenvalue weighted by molar-refractivity contribution is 0.217. The molecule has 0 bridgehead atoms. The van der Waals surface area contributed by atoms with Gasteiger partial charge in [-0.3, -0.25) is 0 Å². The van der Waals surface area contributed by atoms with Crippen LogP contribution in [0.3, 0.4) is 0 Å². The summed E-state index contributed by atoms with van der Waals surface area (Å²) in [7, 11) is 0. The summed E-state index contributed by atoms with van der Waals surface area (Å²) < 4.78 is 0. The maximum absolute atomic E-state index is 2.68. The fourth-order valence-electron chi connectivity index (χ4n) is 8.13. The first-order valence-corrected chi connectivity index (χ1v) is 18.2. The average molecular weight is 525 g/mol. The van der Waals surface area contributed by atoms with E-state index in [2.05, 4.69) is 32.1 Å². The number of rotatable bonds is 20. The SMILES string of the molecule is CCCCCCCCCCC1CCC(C2=CCC(C3CCC(CCCCCCCCCC)CC3)C=C2)CC1. The molecule has 0 aliphatic heterocycles. The van der Waals surface area contributed by atoms with E-state index < -0.39 is 0 Å². The molecule has 0 heterocycles. The van der Waals surface area contributed by atoms with E-state index in [0.29, 0.717) is 0 Å². The van der Waals surface area contributed by atoms with Crippen molar-refractivity contribution in [3.63, 3.8) is 0 Å². The topological polar surface area (TPSA) is 0 Å². The molecule has 0 N–H and O–H groups in total. The number of allylic oxidation sites excluding steroid dienone is 4. The highest BCUT2D eigenvalue weighted by atomic mass is 14.3. The minimum absolute atomic E-state index is 0.848. The van der Waals surface area contributed by atoms with E-state index in [9.17, 15) is 0 Å². The Labute approximate surface area is 240 Å². The van der Waals surface area contributed by atoms with Crippen LogP contribution in [-0.2, 0) is 0 Å². The molecule has 3 rings (SSSR count). The van der Waals surface area contributed by atoms with Crippen LogP contribution in [0.5, 0.6) is 0 Å². The van der Waals surface area contributed by atoms with Gasteiger partial charge in [0.25, 0.3) is 0 Å². The zero-order valence-electron chi connectivity index (χ0n) is 26.2. The van der Waals surface area contributed by atoms with Crippen molar-refractivity contribution >= 4 is 0 Å². The van der Waals surface area contributed by atoms with Crippen LogP contribution in [-0.4, -0.2) is 0 Å². The average Bonchev–Trinajstić information content (AvgIpc) is 2.97. The molecule has 0 aromatic carbocycles. The Hall–Kier alpha value is -0.520. The zero-order chi connectivity index (χ0) is 26.7. The molecule has 0 saturated heterocycles. The van der Waals surface area contributed by atoms with Crippen molar-refractivity contribution < 1.29 is 0 Å². The van der Waals surface area contributed by atoms with Gasteiger partial charge in [-0.1, -0.05) is 160 Å². The Bertz CT molecular complexity index is 610. The number of hydrogen-bond acceptors (Lipinski definition) is 0. The van der Waals surface area contributed by atoms with Crippen LogP contribution in [0.2, 0.25) is 0 Å². The standard InChI is InChI=1S/C38H68/c1-3-5-7-9-11-13-15-17-19-33-21-25-35(26-22-33)37-29-31-38(32-30-37)36-27-23-34(24-28-36)20-18-16-14-12-10-8-6-4-2/h29-31,33-36,38H,3-28,32H2,1-2H3. The van der Waals surface area contributed by atoms with Gasteiger partial charge in [0.1, 0.15) is 0 Å². The quantitative estimate of drug-likeness (QED) is 0.139. The van der Waals surface area contributed by atoms with Crippen molar-refractivity contribution in [2.45, 2.75) is 187 Å². The lowest BCUT2D eigenvalue weighted by Gasteiger charge is -2.35. The molecule has 2 saturated carbocycles. The van der Waals surface area contributed by atoms with Crippen molar-refractivity contribution in [2.24, 2.45) is 29.6 Å². The largest absolute Gasteiger partial charge is 0.0806 e. The summed E-state index contributed by atoms with van der Waals surface area (Å²) in [5.74, 6) is 4.78. The van der Waals surface area contributed by atoms with Gasteiger partial charge in [0, 0.05) is 0 Å². The summed E-state index contributed by atoms with van der Waals surface area (Å²) in [5, 5.41) is 0. The Balaban J connectivity index is 1.19. The molecule has 0 aromatic heterocycles. The second kappa shape index (κ2) is 20.4. The monoisotopic (exact) mass is 525 g/mol. The van der Waals surface area contributed by atoms with Crippen molar-refractivity contribution in [1.29, 1.82) is 0 Å². The van der Waals surface area contributed by atoms with Gasteiger partial charge in [0.2, 0.25) is 0 Å². The van der Waals surface area contributed by atoms with Gasteiger partial charge in [-0.05, 0) is 80.1 Å². The third-order valence-electron chi connectivity index (χ3n) is 10.9. The van der Waals surface area contributed by atoms with Crippen molar-refractivity contribution in [1.82, 2.24) is 0 Å². The van der Waals surface area contributed by atoms with Crippen molar-refractivity contribution in [3.8, 4) is 0 Å². The number of unbranched alkanes of at least 4 members (excludes halogenated alkanes) is 14. The molecule has 0 heteroatoms. The first-order chi connectivity index (χ1) is 18.8. The van der Waals surface area contributed by atoms with Gasteiger partial charge >= 0.3 is 0 Å². The molecule has 0 radical (unpaired) electrons. The van der Waals surface area contributed by atoms with Crippen LogP contribution >= 0.6 is 0 Å². The van der Waals surface area contributed by atoms with E-state index in [4.69, 9.17) is 0 Å². The third-order valence-corrected chi connectivity index (χ3v) is 10.9. The highest BCUT2D eigenvalue weighted by Gasteiger charge is 2.28. The molecule has 1 unspecified atom stereocenters. The lowest BCUT2D eigenvalue weighted by atomic mass is 9.71. The molecule has 1 atom stereocenters. The summed E-state index contributed by atoms with van der Waals surface area (Å²) in [6.45, 7) is 4.63. The van der Waals surface area contributed by atoms with Gasteiger partial charge in [0.05, 0.1) is 0 Å². The van der Waals surface area contributed by atoms with Crippen molar-refractivity contribution in [3.05, 3.63) is 23.8 Å². The molecular formula is C38H68. The predicted molar refractivity (Wildman–Crippen MR) is 171 cm³/mol. The van der Waals surface area contributed by atoms with Crippen molar-refractivity contribution in [2.75, 3.05) is 0 Å². The Morgan fingerprint density at radius 3 is 1.42 bits per heavy atom. The maximum Gasteiger partial charge on any atom is -0.0165 e. The zero-order valence-corrected chi connectivity index (χ0v) is 26.2. The summed E-state index contributed by atoms with van der Waals surface area (Å²) in [4.78, 5) is 0. The summed E-state index contributed by atoms with van der Waals surface area (Å²) in [5.41, 5.74) is 1.72. The molecule has 0 aromatic rings. The molecule has 38 heavy (non-hydrogen) atoms. The van der Waals surface area contributed by atoms with Crippen LogP contribution < -0.4 is 0 Å². The maximum atomic E-state index is 2.68. The van der Waals surface area contributed by atoms with E-state index in [-0.39, 0.29) is 0 Å². The second-order valence-electron chi connectivity index (χ2n) is 14.0. The fourth-order valence-corrected chi connectivity index (χ4v) is 8.13. The smallest absolute Gasteiger partial charge is 0.0165 e. The molecule has 0 spiro atoms. The van der Waals surface area contributed by atoms with E-state index in [1.807, 2.05) is 0 Å². The van der Waals surface area contributed by atoms with Crippen LogP contribution in [0.1, 0.15) is 187 Å². The van der Waals surface area contributed by atoms with Crippen LogP contribution in [0.25, 0.3) is 0 Å². The first-order valence-electron chi connectivity index (χ1n) is 18.2. The summed E-state index contributed by atoms with van der Waals surface area (Å²) >= 11 is 0. The van der Waals surface area contributed by atoms with Gasteiger partial charge in [-0.2, -0.15) is 0 Å². The molecule has 0 amide bonds. The molecule has 3 aliphatic rings. The second-order valence-corrected chi connectivity index (χ2v) is 14.0. The van der Waals surface area contributed by atoms with E-state index >= 15 is 0 Å². The van der Waals surface area contributed by atoms with E-state index in [0.717, 1.165) is 29.6 Å². The van der Waals surface area contributed by atoms with Crippen LogP contribution in [0.4, 0.5) is 0 Å². The third kappa shape index (κ3) is 12.8. The summed E-state index contributed by atoms with van der Waals surface area (Å²) in [6.07, 6.45) is 47.7. The molecular weight excluding hydrogens is 456 g/mol. The highest BCUT2D eigenvalue weighted by molar-refractivity contribution is 5.27. The van der Waals surface area contributed by atoms with E-state index in [1.54, 1.807) is 5.57 Å². The van der Waals surface area contributed by atoms with Crippen LogP contribution in [0, 0.1) is 29.6 Å². The summed E-state index contributed by atoms with van der Waals surface area (Å²) in [6, 6.07) is 0. The van der Waals surface area contributed by atoms with Gasteiger partial charge in [-0.25, -0.2) is 0 Å². The molecule has 2 fully saturated rings. The molecule has 220 valence electrons. The first kappa shape index (κ1) is 32.0. The highest BCUT2D eigenvalue weighted by Crippen LogP contribution is 2.42. The Morgan fingerprint density at radius 1 is 0.526 bits per heavy atom. The van der Waals surface area contributed by atoms with Gasteiger partial charge in [0.15, 0.2) is 0 Å². The van der Waals surface area contributed by atoms with Gasteiger partial charge < -0.3 is 0 Å². The lowest BCUT2D eigenvalue weighted by Crippen LogP contribution is -2.22. The molecule has 0 nitrogen and oxygen atoms in total. The minimum Gasteiger partial charge on any atom is -0.0806 e. The van der Waals surface area contributed by atoms with Gasteiger partial charge in [-0.15, -0.1) is 0 Å². The van der Waals surface area contributed by atoms with Crippen LogP contribution in [0.15, 0.2) is 23.8 Å². The Morgan fingerprint density at radius 2 is 0.974 bits per heavy atom. The normalized spacial score (nSPS) is 27.9. The fraction of sp³-hybridized carbons (Fsp3) is 0.895. The minimum atomic E-state index is 0.848. The predicted octanol–water partition coefficient (Wildman–Crippen LogP) is 13.2. The molecule has 3 aliphatic carbocycles. The number of hydrogen-bond donors (Lipinski definition) is 0. The Kier molecular flexibility index (Phi) is 17.2. The van der Waals surface area contributed by atoms with E-state index in [1.165, 1.54) is 173 Å².